The molecule has 0 bridgehead atoms. The van der Waals surface area contributed by atoms with Gasteiger partial charge >= 0.3 is 0 Å². The van der Waals surface area contributed by atoms with Gasteiger partial charge in [0.2, 0.25) is 0 Å². The summed E-state index contributed by atoms with van der Waals surface area (Å²) in [5.74, 6) is 0. The van der Waals surface area contributed by atoms with Crippen molar-refractivity contribution in [2.45, 2.75) is 6.23 Å². The Labute approximate surface area is 41.9 Å². The van der Waals surface area contributed by atoms with E-state index < -0.39 is 6.23 Å². The Balaban J connectivity index is 2.31. The van der Waals surface area contributed by atoms with Gasteiger partial charge in [-0.15, -0.1) is 0 Å². The van der Waals surface area contributed by atoms with E-state index in [-0.39, 0.29) is 0 Å². The number of nitriles is 1. The summed E-state index contributed by atoms with van der Waals surface area (Å²) in [5.41, 5.74) is 0. The third kappa shape index (κ3) is 0.889. The number of nitrogens with one attached hydrogen (secondary N) is 1. The van der Waals surface area contributed by atoms with Crippen LogP contribution < -0.4 is 5.32 Å². The molecule has 1 fully saturated rings. The average Bonchev–Trinajstić information content (AvgIpc) is 2.14. The molecule has 0 amide bonds. The van der Waals surface area contributed by atoms with Crippen molar-refractivity contribution >= 4 is 0 Å². The monoisotopic (exact) mass is 97.0 g/mol. The maximum Gasteiger partial charge on any atom is 0.197 e. The van der Waals surface area contributed by atoms with E-state index in [1.807, 2.05) is 6.07 Å². The van der Waals surface area contributed by atoms with Crippen LogP contribution in [0.25, 0.3) is 0 Å². The third-order valence-electron chi connectivity index (χ3n) is 0.733. The summed E-state index contributed by atoms with van der Waals surface area (Å²) < 4.78 is 4.77. The van der Waals surface area contributed by atoms with E-state index in [0.29, 0.717) is 6.61 Å². The summed E-state index contributed by atoms with van der Waals surface area (Å²) in [4.78, 5) is 0. The first kappa shape index (κ1) is 4.57. The van der Waals surface area contributed by atoms with Crippen molar-refractivity contribution in [3.05, 3.63) is 6.54 Å². The summed E-state index contributed by atoms with van der Waals surface area (Å²) in [5, 5.41) is 10.8. The highest BCUT2D eigenvalue weighted by Gasteiger charge is 2.11. The molecule has 1 unspecified atom stereocenters. The number of hydrogen-bond acceptors (Lipinski definition) is 3. The zero-order valence-corrected chi connectivity index (χ0v) is 3.72. The lowest BCUT2D eigenvalue weighted by molar-refractivity contribution is 0.144. The molecule has 1 N–H and O–H groups in total. The normalized spacial score (nSPS) is 29.9. The lowest BCUT2D eigenvalue weighted by atomic mass is 10.6. The number of rotatable bonds is 0. The van der Waals surface area contributed by atoms with Gasteiger partial charge in [0, 0.05) is 0 Å². The van der Waals surface area contributed by atoms with Gasteiger partial charge in [0.25, 0.3) is 0 Å². The van der Waals surface area contributed by atoms with Gasteiger partial charge in [0.15, 0.2) is 6.23 Å². The van der Waals surface area contributed by atoms with Crippen LogP contribution in [0.1, 0.15) is 0 Å². The second kappa shape index (κ2) is 1.92. The van der Waals surface area contributed by atoms with Crippen LogP contribution in [0.4, 0.5) is 0 Å². The first-order valence-electron chi connectivity index (χ1n) is 2.02. The van der Waals surface area contributed by atoms with Crippen LogP contribution in [0, 0.1) is 17.9 Å². The van der Waals surface area contributed by atoms with Gasteiger partial charge in [0.1, 0.15) is 6.07 Å². The zero-order valence-electron chi connectivity index (χ0n) is 3.72. The Kier molecular flexibility index (Phi) is 1.25. The summed E-state index contributed by atoms with van der Waals surface area (Å²) in [7, 11) is 0. The first-order valence-corrected chi connectivity index (χ1v) is 2.02. The molecule has 1 aliphatic rings. The molecule has 0 aromatic heterocycles. The fourth-order valence-corrected chi connectivity index (χ4v) is 0.422. The molecule has 1 heterocycles. The van der Waals surface area contributed by atoms with Crippen molar-refractivity contribution in [2.75, 3.05) is 6.61 Å². The molecule has 7 heavy (non-hydrogen) atoms. The van der Waals surface area contributed by atoms with Gasteiger partial charge in [-0.25, -0.2) is 0 Å². The van der Waals surface area contributed by atoms with Crippen LogP contribution in [0.3, 0.4) is 0 Å². The van der Waals surface area contributed by atoms with Crippen molar-refractivity contribution in [2.24, 2.45) is 0 Å². The van der Waals surface area contributed by atoms with Crippen LogP contribution >= 0.6 is 0 Å². The molecule has 37 valence electrons. The number of ether oxygens (including phenoxy) is 1. The Morgan fingerprint density at radius 3 is 3.14 bits per heavy atom. The fourth-order valence-electron chi connectivity index (χ4n) is 0.422. The average molecular weight is 97.1 g/mol. The van der Waals surface area contributed by atoms with E-state index in [1.165, 1.54) is 0 Å². The number of hydrogen-bond donors (Lipinski definition) is 1. The molecule has 0 spiro atoms. The molecule has 1 rings (SSSR count). The van der Waals surface area contributed by atoms with Gasteiger partial charge in [-0.2, -0.15) is 5.26 Å². The van der Waals surface area contributed by atoms with E-state index in [4.69, 9.17) is 10.00 Å². The Hall–Kier alpha value is -0.590. The molecule has 0 aromatic rings. The largest absolute Gasteiger partial charge is 0.348 e. The molecule has 1 radical (unpaired) electrons. The number of nitrogens with zero attached hydrogens (tertiary/aromatic N) is 1. The zero-order chi connectivity index (χ0) is 5.11. The van der Waals surface area contributed by atoms with Gasteiger partial charge in [-0.05, 0) is 0 Å². The van der Waals surface area contributed by atoms with Crippen LogP contribution in [0.5, 0.6) is 0 Å². The topological polar surface area (TPSA) is 45.0 Å². The Morgan fingerprint density at radius 2 is 2.86 bits per heavy atom. The summed E-state index contributed by atoms with van der Waals surface area (Å²) >= 11 is 0. The molecule has 1 aliphatic heterocycles. The minimum Gasteiger partial charge on any atom is -0.348 e. The predicted molar refractivity (Wildman–Crippen MR) is 22.8 cm³/mol. The molecule has 0 aromatic carbocycles. The predicted octanol–water partition coefficient (Wildman–Crippen LogP) is -0.382. The molecule has 1 saturated heterocycles. The van der Waals surface area contributed by atoms with Gasteiger partial charge in [0.05, 0.1) is 13.2 Å². The minimum atomic E-state index is -0.403. The highest BCUT2D eigenvalue weighted by atomic mass is 16.5. The van der Waals surface area contributed by atoms with Crippen molar-refractivity contribution < 1.29 is 4.74 Å². The Morgan fingerprint density at radius 1 is 2.00 bits per heavy atom. The molecule has 3 heteroatoms. The maximum absolute atomic E-state index is 8.11. The van der Waals surface area contributed by atoms with Gasteiger partial charge < -0.3 is 4.74 Å². The lowest BCUT2D eigenvalue weighted by Crippen LogP contribution is -2.17. The van der Waals surface area contributed by atoms with Gasteiger partial charge in [-0.1, -0.05) is 0 Å². The quantitative estimate of drug-likeness (QED) is 0.448. The SMILES string of the molecule is N#CC1N[CH]CO1. The summed E-state index contributed by atoms with van der Waals surface area (Å²) in [6.45, 7) is 2.26. The smallest absolute Gasteiger partial charge is 0.197 e. The fraction of sp³-hybridized carbons (Fsp3) is 0.500. The van der Waals surface area contributed by atoms with Crippen molar-refractivity contribution in [1.29, 1.82) is 5.26 Å². The standard InChI is InChI=1S/C4H5N2O/c5-3-4-6-1-2-7-4/h1,4,6H,2H2. The van der Waals surface area contributed by atoms with Crippen LogP contribution in [-0.4, -0.2) is 12.8 Å². The molecule has 0 saturated carbocycles. The van der Waals surface area contributed by atoms with Crippen molar-refractivity contribution in [1.82, 2.24) is 5.32 Å². The molecule has 3 nitrogen and oxygen atoms in total. The van der Waals surface area contributed by atoms with Crippen LogP contribution in [-0.2, 0) is 4.74 Å². The van der Waals surface area contributed by atoms with Crippen LogP contribution in [0.15, 0.2) is 0 Å². The second-order valence-electron chi connectivity index (χ2n) is 1.21. The van der Waals surface area contributed by atoms with E-state index in [0.717, 1.165) is 0 Å². The highest BCUT2D eigenvalue weighted by Crippen LogP contribution is 1.94. The summed E-state index contributed by atoms with van der Waals surface area (Å²) in [6, 6.07) is 1.90. The second-order valence-corrected chi connectivity index (χ2v) is 1.21. The lowest BCUT2D eigenvalue weighted by Gasteiger charge is -1.92. The molecular formula is C4H5N2O. The third-order valence-corrected chi connectivity index (χ3v) is 0.733. The maximum atomic E-state index is 8.11. The van der Waals surface area contributed by atoms with E-state index in [2.05, 4.69) is 5.32 Å². The molecular weight excluding hydrogens is 92.1 g/mol. The van der Waals surface area contributed by atoms with E-state index >= 15 is 0 Å². The van der Waals surface area contributed by atoms with E-state index in [1.54, 1.807) is 6.54 Å². The first-order chi connectivity index (χ1) is 3.43. The Bertz CT molecular complexity index is 90.4. The van der Waals surface area contributed by atoms with Crippen molar-refractivity contribution in [3.8, 4) is 6.07 Å². The highest BCUT2D eigenvalue weighted by molar-refractivity contribution is 4.88. The minimum absolute atomic E-state index is 0.403. The van der Waals surface area contributed by atoms with Gasteiger partial charge in [-0.3, -0.25) is 5.32 Å². The summed E-state index contributed by atoms with van der Waals surface area (Å²) in [6.07, 6.45) is -0.403. The van der Waals surface area contributed by atoms with Crippen LogP contribution in [0.2, 0.25) is 0 Å². The van der Waals surface area contributed by atoms with E-state index in [9.17, 15) is 0 Å². The van der Waals surface area contributed by atoms with Crippen molar-refractivity contribution in [3.63, 3.8) is 0 Å². The molecule has 1 atom stereocenters. The molecule has 0 aliphatic carbocycles.